The minimum atomic E-state index is -0.354. The third kappa shape index (κ3) is 5.14. The van der Waals surface area contributed by atoms with Crippen molar-refractivity contribution in [3.8, 4) is 5.75 Å². The summed E-state index contributed by atoms with van der Waals surface area (Å²) in [5, 5.41) is 12.5. The van der Waals surface area contributed by atoms with Crippen LogP contribution in [0, 0.1) is 0 Å². The van der Waals surface area contributed by atoms with Crippen LogP contribution in [-0.4, -0.2) is 24.0 Å². The van der Waals surface area contributed by atoms with Gasteiger partial charge in [0, 0.05) is 27.7 Å². The van der Waals surface area contributed by atoms with E-state index in [2.05, 4.69) is 16.0 Å². The van der Waals surface area contributed by atoms with Crippen molar-refractivity contribution in [1.29, 1.82) is 0 Å². The van der Waals surface area contributed by atoms with Gasteiger partial charge in [-0.15, -0.1) is 11.3 Å². The molecule has 0 unspecified atom stereocenters. The first-order valence-electron chi connectivity index (χ1n) is 9.78. The van der Waals surface area contributed by atoms with E-state index in [1.54, 1.807) is 48.5 Å². The van der Waals surface area contributed by atoms with Crippen molar-refractivity contribution in [3.63, 3.8) is 0 Å². The molecule has 3 N–H and O–H groups in total. The van der Waals surface area contributed by atoms with Gasteiger partial charge >= 0.3 is 0 Å². The first-order chi connectivity index (χ1) is 16.0. The molecule has 0 saturated heterocycles. The van der Waals surface area contributed by atoms with Crippen LogP contribution in [0.15, 0.2) is 72.1 Å². The van der Waals surface area contributed by atoms with E-state index >= 15 is 0 Å². The highest BCUT2D eigenvalue weighted by Gasteiger charge is 2.14. The number of thiocarbonyl (C=S) groups is 1. The molecule has 0 aliphatic carbocycles. The molecule has 0 aliphatic heterocycles. The van der Waals surface area contributed by atoms with Crippen LogP contribution in [0.1, 0.15) is 20.0 Å². The quantitative estimate of drug-likeness (QED) is 0.298. The van der Waals surface area contributed by atoms with Crippen molar-refractivity contribution in [2.45, 2.75) is 0 Å². The second kappa shape index (κ2) is 9.99. The topological polar surface area (TPSA) is 79.5 Å². The molecule has 1 aromatic heterocycles. The minimum absolute atomic E-state index is 0.122. The number of anilines is 2. The summed E-state index contributed by atoms with van der Waals surface area (Å²) in [5.41, 5.74) is 1.57. The van der Waals surface area contributed by atoms with E-state index in [1.165, 1.54) is 18.4 Å². The number of benzene rings is 3. The third-order valence-electron chi connectivity index (χ3n) is 4.79. The standard InChI is InChI=1S/C24H18ClN3O3S2/c1-31-20-13-14(10-11-19(20)27-23(30)21-9-4-12-33-21)26-24(32)28-22(29)17-7-2-6-16-15(17)5-3-8-18(16)25/h2-13H,1H3,(H,27,30)(H2,26,28,29,32). The maximum absolute atomic E-state index is 12.8. The number of amides is 2. The lowest BCUT2D eigenvalue weighted by Gasteiger charge is -2.14. The van der Waals surface area contributed by atoms with Crippen LogP contribution in [-0.2, 0) is 0 Å². The average Bonchev–Trinajstić information content (AvgIpc) is 3.35. The Morgan fingerprint density at radius 2 is 1.73 bits per heavy atom. The molecule has 0 radical (unpaired) electrons. The van der Waals surface area contributed by atoms with Crippen LogP contribution in [0.25, 0.3) is 10.8 Å². The molecule has 4 aromatic rings. The predicted octanol–water partition coefficient (Wildman–Crippen LogP) is 5.94. The lowest BCUT2D eigenvalue weighted by atomic mass is 10.0. The molecule has 0 saturated carbocycles. The smallest absolute Gasteiger partial charge is 0.265 e. The van der Waals surface area contributed by atoms with E-state index in [1.807, 2.05) is 23.6 Å². The Labute approximate surface area is 204 Å². The number of carbonyl (C=O) groups is 2. The molecule has 33 heavy (non-hydrogen) atoms. The Balaban J connectivity index is 1.46. The molecule has 0 bridgehead atoms. The summed E-state index contributed by atoms with van der Waals surface area (Å²) in [6.45, 7) is 0. The summed E-state index contributed by atoms with van der Waals surface area (Å²) in [5.74, 6) is -0.128. The zero-order valence-electron chi connectivity index (χ0n) is 17.3. The Morgan fingerprint density at radius 3 is 2.48 bits per heavy atom. The van der Waals surface area contributed by atoms with Crippen LogP contribution in [0.2, 0.25) is 5.02 Å². The predicted molar refractivity (Wildman–Crippen MR) is 138 cm³/mol. The first-order valence-corrected chi connectivity index (χ1v) is 11.5. The monoisotopic (exact) mass is 495 g/mol. The van der Waals surface area contributed by atoms with Crippen molar-refractivity contribution in [2.75, 3.05) is 17.7 Å². The van der Waals surface area contributed by atoms with Gasteiger partial charge in [0.15, 0.2) is 5.11 Å². The van der Waals surface area contributed by atoms with E-state index < -0.39 is 0 Å². The number of thiophene rings is 1. The Morgan fingerprint density at radius 1 is 0.939 bits per heavy atom. The maximum atomic E-state index is 12.8. The Hall–Kier alpha value is -3.46. The molecular weight excluding hydrogens is 478 g/mol. The number of carbonyl (C=O) groups excluding carboxylic acids is 2. The number of fused-ring (bicyclic) bond motifs is 1. The molecular formula is C24H18ClN3O3S2. The molecule has 166 valence electrons. The van der Waals surface area contributed by atoms with Gasteiger partial charge in [-0.3, -0.25) is 14.9 Å². The lowest BCUT2D eigenvalue weighted by molar-refractivity contribution is 0.0978. The van der Waals surface area contributed by atoms with E-state index in [9.17, 15) is 9.59 Å². The number of hydrogen-bond acceptors (Lipinski definition) is 5. The van der Waals surface area contributed by atoms with E-state index in [0.29, 0.717) is 32.6 Å². The second-order valence-corrected chi connectivity index (χ2v) is 8.66. The molecule has 6 nitrogen and oxygen atoms in total. The van der Waals surface area contributed by atoms with Gasteiger partial charge in [-0.1, -0.05) is 41.9 Å². The van der Waals surface area contributed by atoms with E-state index in [0.717, 1.165) is 10.8 Å². The van der Waals surface area contributed by atoms with Gasteiger partial charge in [0.05, 0.1) is 17.7 Å². The number of ether oxygens (including phenoxy) is 1. The molecule has 0 aliphatic rings. The van der Waals surface area contributed by atoms with Crippen molar-refractivity contribution in [3.05, 3.63) is 87.6 Å². The summed E-state index contributed by atoms with van der Waals surface area (Å²) in [7, 11) is 1.51. The van der Waals surface area contributed by atoms with Gasteiger partial charge in [-0.25, -0.2) is 0 Å². The number of rotatable bonds is 5. The van der Waals surface area contributed by atoms with Crippen molar-refractivity contribution >= 4 is 74.2 Å². The fraction of sp³-hybridized carbons (Fsp3) is 0.0417. The van der Waals surface area contributed by atoms with Crippen molar-refractivity contribution in [1.82, 2.24) is 5.32 Å². The van der Waals surface area contributed by atoms with Crippen LogP contribution < -0.4 is 20.7 Å². The van der Waals surface area contributed by atoms with Crippen LogP contribution in [0.3, 0.4) is 0 Å². The van der Waals surface area contributed by atoms with Gasteiger partial charge in [-0.05, 0) is 53.3 Å². The summed E-state index contributed by atoms with van der Waals surface area (Å²) >= 11 is 12.9. The summed E-state index contributed by atoms with van der Waals surface area (Å²) in [6.07, 6.45) is 0. The van der Waals surface area contributed by atoms with Crippen LogP contribution in [0.5, 0.6) is 5.75 Å². The fourth-order valence-electron chi connectivity index (χ4n) is 3.27. The summed E-state index contributed by atoms with van der Waals surface area (Å²) in [4.78, 5) is 25.8. The van der Waals surface area contributed by atoms with E-state index in [-0.39, 0.29) is 16.9 Å². The van der Waals surface area contributed by atoms with Crippen LogP contribution in [0.4, 0.5) is 11.4 Å². The van der Waals surface area contributed by atoms with Crippen LogP contribution >= 0.6 is 35.2 Å². The van der Waals surface area contributed by atoms with Gasteiger partial charge in [0.25, 0.3) is 11.8 Å². The Bertz CT molecular complexity index is 1360. The molecule has 1 heterocycles. The normalized spacial score (nSPS) is 10.5. The molecule has 0 atom stereocenters. The highest BCUT2D eigenvalue weighted by Crippen LogP contribution is 2.29. The SMILES string of the molecule is COc1cc(NC(=S)NC(=O)c2cccc3c(Cl)cccc23)ccc1NC(=O)c1cccs1. The molecule has 2 amide bonds. The molecule has 9 heteroatoms. The highest BCUT2D eigenvalue weighted by molar-refractivity contribution is 7.80. The van der Waals surface area contributed by atoms with Gasteiger partial charge in [0.1, 0.15) is 5.75 Å². The second-order valence-electron chi connectivity index (χ2n) is 6.90. The first kappa shape index (κ1) is 22.7. The summed E-state index contributed by atoms with van der Waals surface area (Å²) in [6, 6.07) is 19.4. The number of hydrogen-bond donors (Lipinski definition) is 3. The minimum Gasteiger partial charge on any atom is -0.494 e. The average molecular weight is 496 g/mol. The third-order valence-corrected chi connectivity index (χ3v) is 6.20. The zero-order valence-corrected chi connectivity index (χ0v) is 19.7. The largest absolute Gasteiger partial charge is 0.494 e. The van der Waals surface area contributed by atoms with Crippen molar-refractivity contribution < 1.29 is 14.3 Å². The van der Waals surface area contributed by atoms with Gasteiger partial charge in [-0.2, -0.15) is 0 Å². The molecule has 0 fully saturated rings. The maximum Gasteiger partial charge on any atom is 0.265 e. The van der Waals surface area contributed by atoms with E-state index in [4.69, 9.17) is 28.6 Å². The Kier molecular flexibility index (Phi) is 6.88. The number of halogens is 1. The molecule has 0 spiro atoms. The molecule has 3 aromatic carbocycles. The number of nitrogens with one attached hydrogen (secondary N) is 3. The molecule has 4 rings (SSSR count). The summed E-state index contributed by atoms with van der Waals surface area (Å²) < 4.78 is 5.40. The number of methoxy groups -OCH3 is 1. The van der Waals surface area contributed by atoms with Crippen molar-refractivity contribution in [2.24, 2.45) is 0 Å². The highest BCUT2D eigenvalue weighted by atomic mass is 35.5. The fourth-order valence-corrected chi connectivity index (χ4v) is 4.33. The lowest BCUT2D eigenvalue weighted by Crippen LogP contribution is -2.34. The van der Waals surface area contributed by atoms with Gasteiger partial charge in [0.2, 0.25) is 0 Å². The zero-order chi connectivity index (χ0) is 23.4. The van der Waals surface area contributed by atoms with Gasteiger partial charge < -0.3 is 15.4 Å².